The van der Waals surface area contributed by atoms with Crippen LogP contribution in [0, 0.1) is 12.8 Å². The lowest BCUT2D eigenvalue weighted by atomic mass is 10.1. The number of aromatic nitrogens is 3. The van der Waals surface area contributed by atoms with E-state index in [2.05, 4.69) is 10.1 Å². The summed E-state index contributed by atoms with van der Waals surface area (Å²) in [6, 6.07) is 9.80. The Morgan fingerprint density at radius 3 is 2.56 bits per heavy atom. The Morgan fingerprint density at radius 1 is 1.19 bits per heavy atom. The fourth-order valence-corrected chi connectivity index (χ4v) is 5.68. The van der Waals surface area contributed by atoms with E-state index in [1.165, 1.54) is 4.31 Å². The first kappa shape index (κ1) is 22.2. The van der Waals surface area contributed by atoms with Gasteiger partial charge in [-0.25, -0.2) is 18.1 Å². The quantitative estimate of drug-likeness (QED) is 0.579. The number of nitrogens with zero attached hydrogens (tertiary/aromatic N) is 4. The van der Waals surface area contributed by atoms with Gasteiger partial charge in [0.1, 0.15) is 5.75 Å². The van der Waals surface area contributed by atoms with Crippen molar-refractivity contribution in [1.82, 2.24) is 19.1 Å². The van der Waals surface area contributed by atoms with Gasteiger partial charge in [0.25, 0.3) is 0 Å². The van der Waals surface area contributed by atoms with E-state index >= 15 is 0 Å². The largest absolute Gasteiger partial charge is 0.494 e. The molecule has 0 unspecified atom stereocenters. The van der Waals surface area contributed by atoms with Crippen molar-refractivity contribution in [1.29, 1.82) is 0 Å². The summed E-state index contributed by atoms with van der Waals surface area (Å²) in [7, 11) is -3.70. The Hall–Kier alpha value is -2.98. The van der Waals surface area contributed by atoms with E-state index < -0.39 is 16.0 Å². The number of ether oxygens (including phenoxy) is 1. The monoisotopic (exact) mass is 458 g/mol. The second-order valence-corrected chi connectivity index (χ2v) is 9.99. The number of pyridine rings is 1. The SMILES string of the molecule is CCOc1ccc(S(=O)(=O)N2C[C@H](C)[C@@H](n3nc(CC(=O)O)c4ccc(C)nc43)C2)cc1. The fraction of sp³-hybridized carbons (Fsp3) is 0.409. The van der Waals surface area contributed by atoms with Crippen molar-refractivity contribution in [3.63, 3.8) is 0 Å². The molecule has 170 valence electrons. The predicted octanol–water partition coefficient (Wildman–Crippen LogP) is 2.65. The highest BCUT2D eigenvalue weighted by molar-refractivity contribution is 7.89. The molecule has 0 spiro atoms. The number of aliphatic carboxylic acids is 1. The normalized spacial score (nSPS) is 19.5. The molecule has 1 aliphatic rings. The molecule has 9 nitrogen and oxygen atoms in total. The van der Waals surface area contributed by atoms with Crippen LogP contribution in [0.5, 0.6) is 5.75 Å². The van der Waals surface area contributed by atoms with Crippen molar-refractivity contribution in [3.05, 3.63) is 47.8 Å². The number of hydrogen-bond donors (Lipinski definition) is 1. The maximum absolute atomic E-state index is 13.3. The highest BCUT2D eigenvalue weighted by Crippen LogP contribution is 2.34. The number of hydrogen-bond acceptors (Lipinski definition) is 6. The molecule has 0 aliphatic carbocycles. The van der Waals surface area contributed by atoms with Gasteiger partial charge in [-0.05, 0) is 56.2 Å². The van der Waals surface area contributed by atoms with Gasteiger partial charge in [0.15, 0.2) is 5.65 Å². The minimum atomic E-state index is -3.70. The summed E-state index contributed by atoms with van der Waals surface area (Å²) in [5.41, 5.74) is 1.79. The lowest BCUT2D eigenvalue weighted by Crippen LogP contribution is -2.29. The molecule has 2 aromatic heterocycles. The number of rotatable bonds is 7. The number of carboxylic acids is 1. The molecule has 3 aromatic rings. The Balaban J connectivity index is 1.66. The summed E-state index contributed by atoms with van der Waals surface area (Å²) in [6.07, 6.45) is -0.219. The second-order valence-electron chi connectivity index (χ2n) is 8.06. The van der Waals surface area contributed by atoms with Crippen LogP contribution in [0.15, 0.2) is 41.3 Å². The number of carbonyl (C=O) groups is 1. The molecule has 0 bridgehead atoms. The first-order valence-corrected chi connectivity index (χ1v) is 11.9. The molecule has 1 aliphatic heterocycles. The van der Waals surface area contributed by atoms with Gasteiger partial charge in [-0.1, -0.05) is 6.92 Å². The molecular formula is C22H26N4O5S. The summed E-state index contributed by atoms with van der Waals surface area (Å²) in [5, 5.41) is 14.5. The lowest BCUT2D eigenvalue weighted by molar-refractivity contribution is -0.136. The van der Waals surface area contributed by atoms with E-state index in [4.69, 9.17) is 4.74 Å². The third-order valence-electron chi connectivity index (χ3n) is 5.72. The van der Waals surface area contributed by atoms with Crippen LogP contribution in [0.2, 0.25) is 0 Å². The average molecular weight is 459 g/mol. The van der Waals surface area contributed by atoms with Crippen LogP contribution in [0.25, 0.3) is 11.0 Å². The standard InChI is InChI=1S/C22H26N4O5S/c1-4-31-16-6-8-17(9-7-16)32(29,30)25-12-14(2)20(13-25)26-22-18(10-5-15(3)23-22)19(24-26)11-21(27)28/h5-10,14,20H,4,11-13H2,1-3H3,(H,27,28)/t14-,20-/m0/s1. The first-order valence-electron chi connectivity index (χ1n) is 10.5. The summed E-state index contributed by atoms with van der Waals surface area (Å²) in [4.78, 5) is 16.1. The van der Waals surface area contributed by atoms with Crippen molar-refractivity contribution in [3.8, 4) is 5.75 Å². The Labute approximate surface area is 186 Å². The van der Waals surface area contributed by atoms with E-state index in [0.717, 1.165) is 5.69 Å². The van der Waals surface area contributed by atoms with Gasteiger partial charge in [-0.3, -0.25) is 4.79 Å². The maximum Gasteiger partial charge on any atom is 0.309 e. The number of benzene rings is 1. The molecule has 10 heteroatoms. The van der Waals surface area contributed by atoms with Gasteiger partial charge in [0, 0.05) is 24.2 Å². The molecule has 0 radical (unpaired) electrons. The van der Waals surface area contributed by atoms with Crippen molar-refractivity contribution in [2.24, 2.45) is 5.92 Å². The summed E-state index contributed by atoms with van der Waals surface area (Å²) in [5.74, 6) is -0.388. The number of aryl methyl sites for hydroxylation is 1. The van der Waals surface area contributed by atoms with E-state index in [1.54, 1.807) is 28.9 Å². The van der Waals surface area contributed by atoms with Crippen LogP contribution in [0.1, 0.15) is 31.3 Å². The zero-order valence-electron chi connectivity index (χ0n) is 18.2. The van der Waals surface area contributed by atoms with Gasteiger partial charge in [0.05, 0.1) is 29.7 Å². The predicted molar refractivity (Wildman–Crippen MR) is 118 cm³/mol. The maximum atomic E-state index is 13.3. The minimum Gasteiger partial charge on any atom is -0.494 e. The molecule has 0 saturated carbocycles. The van der Waals surface area contributed by atoms with Crippen molar-refractivity contribution in [2.45, 2.75) is 38.1 Å². The van der Waals surface area contributed by atoms with E-state index in [0.29, 0.717) is 35.6 Å². The van der Waals surface area contributed by atoms with Crippen LogP contribution in [0.4, 0.5) is 0 Å². The van der Waals surface area contributed by atoms with Crippen molar-refractivity contribution >= 4 is 27.0 Å². The Morgan fingerprint density at radius 2 is 1.91 bits per heavy atom. The van der Waals surface area contributed by atoms with Gasteiger partial charge in [-0.15, -0.1) is 0 Å². The van der Waals surface area contributed by atoms with Gasteiger partial charge in [-0.2, -0.15) is 9.40 Å². The molecule has 1 fully saturated rings. The van der Waals surface area contributed by atoms with Gasteiger partial charge in [0.2, 0.25) is 10.0 Å². The number of carboxylic acid groups (broad SMARTS) is 1. The highest BCUT2D eigenvalue weighted by atomic mass is 32.2. The summed E-state index contributed by atoms with van der Waals surface area (Å²) in [6.45, 7) is 6.77. The first-order chi connectivity index (χ1) is 15.2. The van der Waals surface area contributed by atoms with Crippen molar-refractivity contribution in [2.75, 3.05) is 19.7 Å². The third kappa shape index (κ3) is 4.07. The van der Waals surface area contributed by atoms with Gasteiger partial charge >= 0.3 is 5.97 Å². The number of sulfonamides is 1. The summed E-state index contributed by atoms with van der Waals surface area (Å²) >= 11 is 0. The third-order valence-corrected chi connectivity index (χ3v) is 7.56. The van der Waals surface area contributed by atoms with Crippen LogP contribution in [0.3, 0.4) is 0 Å². The zero-order chi connectivity index (χ0) is 23.0. The van der Waals surface area contributed by atoms with E-state index in [1.807, 2.05) is 32.9 Å². The zero-order valence-corrected chi connectivity index (χ0v) is 19.0. The van der Waals surface area contributed by atoms with E-state index in [9.17, 15) is 18.3 Å². The second kappa shape index (κ2) is 8.51. The van der Waals surface area contributed by atoms with Crippen molar-refractivity contribution < 1.29 is 23.1 Å². The van der Waals surface area contributed by atoms with E-state index in [-0.39, 0.29) is 29.8 Å². The molecule has 1 N–H and O–H groups in total. The fourth-order valence-electron chi connectivity index (χ4n) is 4.12. The van der Waals surface area contributed by atoms with Crippen LogP contribution >= 0.6 is 0 Å². The van der Waals surface area contributed by atoms with Crippen LogP contribution in [-0.2, 0) is 21.2 Å². The molecule has 0 amide bonds. The topological polar surface area (TPSA) is 115 Å². The molecular weight excluding hydrogens is 432 g/mol. The van der Waals surface area contributed by atoms with Gasteiger partial charge < -0.3 is 9.84 Å². The molecule has 1 saturated heterocycles. The molecule has 1 aromatic carbocycles. The van der Waals surface area contributed by atoms with Crippen LogP contribution < -0.4 is 4.74 Å². The molecule has 3 heterocycles. The Bertz CT molecular complexity index is 1250. The Kier molecular flexibility index (Phi) is 5.91. The van der Waals surface area contributed by atoms with Crippen LogP contribution in [-0.4, -0.2) is 58.3 Å². The molecule has 2 atom stereocenters. The smallest absolute Gasteiger partial charge is 0.309 e. The summed E-state index contributed by atoms with van der Waals surface area (Å²) < 4.78 is 35.1. The lowest BCUT2D eigenvalue weighted by Gasteiger charge is -2.17. The highest BCUT2D eigenvalue weighted by Gasteiger charge is 2.39. The number of fused-ring (bicyclic) bond motifs is 1. The molecule has 4 rings (SSSR count). The average Bonchev–Trinajstić information content (AvgIpc) is 3.29. The molecule has 32 heavy (non-hydrogen) atoms. The minimum absolute atomic E-state index is 0.0319.